The summed E-state index contributed by atoms with van der Waals surface area (Å²) < 4.78 is 5.16. The SMILES string of the molecule is CCC1=C(CCCC(=O)O)CCN1C(=O)c1ccco1. The van der Waals surface area contributed by atoms with Crippen molar-refractivity contribution in [2.45, 2.75) is 39.0 Å². The molecule has 0 saturated heterocycles. The van der Waals surface area contributed by atoms with E-state index in [-0.39, 0.29) is 12.3 Å². The molecule has 0 fully saturated rings. The molecule has 1 N–H and O–H groups in total. The summed E-state index contributed by atoms with van der Waals surface area (Å²) >= 11 is 0. The van der Waals surface area contributed by atoms with Gasteiger partial charge in [-0.05, 0) is 43.4 Å². The molecule has 1 aromatic rings. The Kier molecular flexibility index (Phi) is 4.61. The van der Waals surface area contributed by atoms with Crippen LogP contribution in [0.5, 0.6) is 0 Å². The lowest BCUT2D eigenvalue weighted by Gasteiger charge is -2.18. The Morgan fingerprint density at radius 1 is 1.45 bits per heavy atom. The molecule has 1 aliphatic heterocycles. The van der Waals surface area contributed by atoms with Crippen molar-refractivity contribution in [3.05, 3.63) is 35.4 Å². The normalized spacial score (nSPS) is 14.9. The fourth-order valence-corrected chi connectivity index (χ4v) is 2.64. The third-order valence-electron chi connectivity index (χ3n) is 3.55. The van der Waals surface area contributed by atoms with Gasteiger partial charge in [-0.1, -0.05) is 6.92 Å². The van der Waals surface area contributed by atoms with Crippen molar-refractivity contribution in [1.29, 1.82) is 0 Å². The van der Waals surface area contributed by atoms with Crippen LogP contribution in [0.25, 0.3) is 0 Å². The van der Waals surface area contributed by atoms with Crippen molar-refractivity contribution in [3.8, 4) is 0 Å². The number of amides is 1. The highest BCUT2D eigenvalue weighted by Gasteiger charge is 2.28. The maximum absolute atomic E-state index is 12.3. The van der Waals surface area contributed by atoms with E-state index in [1.54, 1.807) is 17.0 Å². The lowest BCUT2D eigenvalue weighted by Crippen LogP contribution is -2.27. The molecule has 1 aromatic heterocycles. The number of carbonyl (C=O) groups is 2. The van der Waals surface area contributed by atoms with Gasteiger partial charge >= 0.3 is 5.97 Å². The topological polar surface area (TPSA) is 70.8 Å². The van der Waals surface area contributed by atoms with Crippen molar-refractivity contribution in [2.75, 3.05) is 6.54 Å². The average Bonchev–Trinajstić information content (AvgIpc) is 3.06. The van der Waals surface area contributed by atoms with Crippen LogP contribution in [0.3, 0.4) is 0 Å². The fraction of sp³-hybridized carbons (Fsp3) is 0.467. The van der Waals surface area contributed by atoms with Crippen LogP contribution < -0.4 is 0 Å². The molecule has 0 saturated carbocycles. The summed E-state index contributed by atoms with van der Waals surface area (Å²) in [6, 6.07) is 3.37. The van der Waals surface area contributed by atoms with Crippen LogP contribution in [-0.4, -0.2) is 28.4 Å². The molecular formula is C15H19NO4. The number of aliphatic carboxylic acids is 1. The summed E-state index contributed by atoms with van der Waals surface area (Å²) in [6.45, 7) is 2.67. The van der Waals surface area contributed by atoms with Gasteiger partial charge in [0.1, 0.15) is 0 Å². The molecule has 0 spiro atoms. The first-order chi connectivity index (χ1) is 9.63. The van der Waals surface area contributed by atoms with Crippen LogP contribution in [0.1, 0.15) is 49.6 Å². The van der Waals surface area contributed by atoms with Crippen molar-refractivity contribution < 1.29 is 19.1 Å². The molecule has 5 heteroatoms. The second kappa shape index (κ2) is 6.41. The van der Waals surface area contributed by atoms with Crippen LogP contribution in [0, 0.1) is 0 Å². The molecule has 0 atom stereocenters. The molecule has 0 unspecified atom stereocenters. The highest BCUT2D eigenvalue weighted by atomic mass is 16.4. The van der Waals surface area contributed by atoms with Crippen LogP contribution in [-0.2, 0) is 4.79 Å². The Labute approximate surface area is 117 Å². The Hall–Kier alpha value is -2.04. The monoisotopic (exact) mass is 277 g/mol. The summed E-state index contributed by atoms with van der Waals surface area (Å²) in [5, 5.41) is 8.68. The zero-order chi connectivity index (χ0) is 14.5. The molecular weight excluding hydrogens is 258 g/mol. The Morgan fingerprint density at radius 3 is 2.85 bits per heavy atom. The van der Waals surface area contributed by atoms with E-state index in [0.717, 1.165) is 25.0 Å². The first kappa shape index (κ1) is 14.4. The van der Waals surface area contributed by atoms with E-state index in [2.05, 4.69) is 0 Å². The van der Waals surface area contributed by atoms with Crippen LogP contribution >= 0.6 is 0 Å². The van der Waals surface area contributed by atoms with E-state index in [9.17, 15) is 9.59 Å². The molecule has 0 aromatic carbocycles. The van der Waals surface area contributed by atoms with Crippen molar-refractivity contribution in [1.82, 2.24) is 4.90 Å². The average molecular weight is 277 g/mol. The largest absolute Gasteiger partial charge is 0.481 e. The summed E-state index contributed by atoms with van der Waals surface area (Å²) in [6.07, 6.45) is 4.64. The number of rotatable bonds is 6. The number of carboxylic acid groups (broad SMARTS) is 1. The zero-order valence-corrected chi connectivity index (χ0v) is 11.6. The summed E-state index contributed by atoms with van der Waals surface area (Å²) in [5.41, 5.74) is 2.23. The summed E-state index contributed by atoms with van der Waals surface area (Å²) in [7, 11) is 0. The van der Waals surface area contributed by atoms with E-state index < -0.39 is 5.97 Å². The van der Waals surface area contributed by atoms with Gasteiger partial charge in [0, 0.05) is 18.7 Å². The number of nitrogens with zero attached hydrogens (tertiary/aromatic N) is 1. The lowest BCUT2D eigenvalue weighted by molar-refractivity contribution is -0.137. The Morgan fingerprint density at radius 2 is 2.25 bits per heavy atom. The maximum atomic E-state index is 12.3. The second-order valence-electron chi connectivity index (χ2n) is 4.84. The predicted molar refractivity (Wildman–Crippen MR) is 73.2 cm³/mol. The minimum atomic E-state index is -0.773. The van der Waals surface area contributed by atoms with E-state index in [4.69, 9.17) is 9.52 Å². The van der Waals surface area contributed by atoms with E-state index in [1.165, 1.54) is 11.8 Å². The number of hydrogen-bond acceptors (Lipinski definition) is 3. The van der Waals surface area contributed by atoms with Crippen molar-refractivity contribution in [3.63, 3.8) is 0 Å². The number of allylic oxidation sites excluding steroid dienone is 1. The number of carbonyl (C=O) groups excluding carboxylic acids is 1. The van der Waals surface area contributed by atoms with Crippen LogP contribution in [0.4, 0.5) is 0 Å². The fourth-order valence-electron chi connectivity index (χ4n) is 2.64. The first-order valence-electron chi connectivity index (χ1n) is 6.91. The summed E-state index contributed by atoms with van der Waals surface area (Å²) in [5.74, 6) is -0.534. The molecule has 0 radical (unpaired) electrons. The molecule has 108 valence electrons. The van der Waals surface area contributed by atoms with Gasteiger partial charge in [0.05, 0.1) is 6.26 Å². The smallest absolute Gasteiger partial charge is 0.303 e. The quantitative estimate of drug-likeness (QED) is 0.867. The van der Waals surface area contributed by atoms with Gasteiger partial charge in [0.25, 0.3) is 5.91 Å². The number of carboxylic acids is 1. The molecule has 20 heavy (non-hydrogen) atoms. The Balaban J connectivity index is 2.06. The first-order valence-corrected chi connectivity index (χ1v) is 6.91. The number of hydrogen-bond donors (Lipinski definition) is 1. The molecule has 2 heterocycles. The zero-order valence-electron chi connectivity index (χ0n) is 11.6. The predicted octanol–water partition coefficient (Wildman–Crippen LogP) is 3.04. The molecule has 1 amide bonds. The van der Waals surface area contributed by atoms with Gasteiger partial charge < -0.3 is 14.4 Å². The van der Waals surface area contributed by atoms with E-state index >= 15 is 0 Å². The standard InChI is InChI=1S/C15H19NO4/c1-2-12-11(5-3-7-14(17)18)8-9-16(12)15(19)13-6-4-10-20-13/h4,6,10H,2-3,5,7-9H2,1H3,(H,17,18). The van der Waals surface area contributed by atoms with Crippen molar-refractivity contribution in [2.24, 2.45) is 0 Å². The Bertz CT molecular complexity index is 516. The maximum Gasteiger partial charge on any atom is 0.303 e. The molecule has 0 aliphatic carbocycles. The highest BCUT2D eigenvalue weighted by molar-refractivity contribution is 5.93. The van der Waals surface area contributed by atoms with Crippen LogP contribution in [0.15, 0.2) is 34.1 Å². The highest BCUT2D eigenvalue weighted by Crippen LogP contribution is 2.30. The van der Waals surface area contributed by atoms with Gasteiger partial charge in [-0.2, -0.15) is 0 Å². The van der Waals surface area contributed by atoms with Gasteiger partial charge in [-0.15, -0.1) is 0 Å². The summed E-state index contributed by atoms with van der Waals surface area (Å²) in [4.78, 5) is 24.6. The van der Waals surface area contributed by atoms with Crippen LogP contribution in [0.2, 0.25) is 0 Å². The second-order valence-corrected chi connectivity index (χ2v) is 4.84. The van der Waals surface area contributed by atoms with Gasteiger partial charge in [-0.25, -0.2) is 0 Å². The third kappa shape index (κ3) is 3.10. The van der Waals surface area contributed by atoms with Gasteiger partial charge in [0.2, 0.25) is 0 Å². The molecule has 2 rings (SSSR count). The van der Waals surface area contributed by atoms with E-state index in [1.807, 2.05) is 6.92 Å². The molecule has 0 bridgehead atoms. The van der Waals surface area contributed by atoms with E-state index in [0.29, 0.717) is 18.7 Å². The van der Waals surface area contributed by atoms with Crippen molar-refractivity contribution >= 4 is 11.9 Å². The van der Waals surface area contributed by atoms with Gasteiger partial charge in [-0.3, -0.25) is 9.59 Å². The number of furan rings is 1. The minimum absolute atomic E-state index is 0.111. The molecule has 5 nitrogen and oxygen atoms in total. The lowest BCUT2D eigenvalue weighted by atomic mass is 10.0. The molecule has 1 aliphatic rings. The van der Waals surface area contributed by atoms with Gasteiger partial charge in [0.15, 0.2) is 5.76 Å². The third-order valence-corrected chi connectivity index (χ3v) is 3.55. The minimum Gasteiger partial charge on any atom is -0.481 e.